The lowest BCUT2D eigenvalue weighted by Crippen LogP contribution is -2.02. The predicted octanol–water partition coefficient (Wildman–Crippen LogP) is 2.20. The first-order valence-electron chi connectivity index (χ1n) is 6.05. The number of rotatable bonds is 4. The summed E-state index contributed by atoms with van der Waals surface area (Å²) >= 11 is 0. The third-order valence-corrected chi connectivity index (χ3v) is 3.06. The zero-order valence-electron chi connectivity index (χ0n) is 11.1. The second-order valence-corrected chi connectivity index (χ2v) is 4.45. The summed E-state index contributed by atoms with van der Waals surface area (Å²) in [6, 6.07) is 6.21. The number of benzene rings is 1. The van der Waals surface area contributed by atoms with Gasteiger partial charge in [0.2, 0.25) is 0 Å². The highest BCUT2D eigenvalue weighted by Crippen LogP contribution is 2.29. The fraction of sp³-hybridized carbons (Fsp3) is 0.357. The number of methoxy groups -OCH3 is 1. The predicted molar refractivity (Wildman–Crippen MR) is 72.8 cm³/mol. The standard InChI is InChI=1S/C14H19N3O/c1-9-7-14(18-3)10(2)6-12(9)13-8-11(4-5-15)16-17-13/h6-8H,4-5,15H2,1-3H3,(H,16,17). The molecule has 0 saturated carbocycles. The van der Waals surface area contributed by atoms with Crippen LogP contribution in [-0.4, -0.2) is 23.9 Å². The Morgan fingerprint density at radius 1 is 1.22 bits per heavy atom. The van der Waals surface area contributed by atoms with Gasteiger partial charge < -0.3 is 10.5 Å². The summed E-state index contributed by atoms with van der Waals surface area (Å²) in [7, 11) is 1.69. The number of nitrogens with one attached hydrogen (secondary N) is 1. The monoisotopic (exact) mass is 245 g/mol. The van der Waals surface area contributed by atoms with Crippen molar-refractivity contribution < 1.29 is 4.74 Å². The van der Waals surface area contributed by atoms with Gasteiger partial charge in [-0.2, -0.15) is 5.10 Å². The van der Waals surface area contributed by atoms with Crippen LogP contribution in [0.2, 0.25) is 0 Å². The van der Waals surface area contributed by atoms with Gasteiger partial charge in [-0.05, 0) is 49.7 Å². The molecule has 0 spiro atoms. The van der Waals surface area contributed by atoms with Crippen LogP contribution in [0.3, 0.4) is 0 Å². The quantitative estimate of drug-likeness (QED) is 0.868. The Morgan fingerprint density at radius 3 is 2.67 bits per heavy atom. The molecule has 2 rings (SSSR count). The van der Waals surface area contributed by atoms with E-state index in [1.54, 1.807) is 7.11 Å². The summed E-state index contributed by atoms with van der Waals surface area (Å²) in [6.07, 6.45) is 0.821. The van der Waals surface area contributed by atoms with Crippen molar-refractivity contribution in [1.29, 1.82) is 0 Å². The number of hydrogen-bond donors (Lipinski definition) is 2. The van der Waals surface area contributed by atoms with Crippen molar-refractivity contribution in [3.63, 3.8) is 0 Å². The molecule has 4 heteroatoms. The smallest absolute Gasteiger partial charge is 0.122 e. The Hall–Kier alpha value is -1.81. The first kappa shape index (κ1) is 12.6. The van der Waals surface area contributed by atoms with Crippen LogP contribution in [-0.2, 0) is 6.42 Å². The third kappa shape index (κ3) is 2.38. The van der Waals surface area contributed by atoms with Crippen LogP contribution in [0, 0.1) is 13.8 Å². The number of hydrogen-bond acceptors (Lipinski definition) is 3. The zero-order chi connectivity index (χ0) is 13.1. The lowest BCUT2D eigenvalue weighted by atomic mass is 10.0. The van der Waals surface area contributed by atoms with Gasteiger partial charge in [-0.15, -0.1) is 0 Å². The molecule has 0 aliphatic heterocycles. The number of aryl methyl sites for hydroxylation is 2. The fourth-order valence-electron chi connectivity index (χ4n) is 2.07. The molecule has 0 radical (unpaired) electrons. The van der Waals surface area contributed by atoms with Gasteiger partial charge in [0, 0.05) is 17.7 Å². The Kier molecular flexibility index (Phi) is 3.67. The normalized spacial score (nSPS) is 10.7. The van der Waals surface area contributed by atoms with Crippen LogP contribution in [0.15, 0.2) is 18.2 Å². The van der Waals surface area contributed by atoms with Crippen LogP contribution in [0.4, 0.5) is 0 Å². The second-order valence-electron chi connectivity index (χ2n) is 4.45. The third-order valence-electron chi connectivity index (χ3n) is 3.06. The summed E-state index contributed by atoms with van der Waals surface area (Å²) in [5.41, 5.74) is 11.0. The average molecular weight is 245 g/mol. The molecular formula is C14H19N3O. The lowest BCUT2D eigenvalue weighted by Gasteiger charge is -2.09. The average Bonchev–Trinajstić information content (AvgIpc) is 2.80. The Morgan fingerprint density at radius 2 is 2.00 bits per heavy atom. The number of aromatic nitrogens is 2. The number of ether oxygens (including phenoxy) is 1. The van der Waals surface area contributed by atoms with E-state index in [2.05, 4.69) is 29.3 Å². The van der Waals surface area contributed by atoms with Gasteiger partial charge in [0.1, 0.15) is 5.75 Å². The molecule has 0 unspecified atom stereocenters. The van der Waals surface area contributed by atoms with Crippen molar-refractivity contribution in [2.45, 2.75) is 20.3 Å². The van der Waals surface area contributed by atoms with Crippen molar-refractivity contribution in [3.05, 3.63) is 35.0 Å². The molecule has 0 amide bonds. The summed E-state index contributed by atoms with van der Waals surface area (Å²) in [5, 5.41) is 7.36. The topological polar surface area (TPSA) is 63.9 Å². The highest BCUT2D eigenvalue weighted by atomic mass is 16.5. The van der Waals surface area contributed by atoms with Gasteiger partial charge in [0.15, 0.2) is 0 Å². The van der Waals surface area contributed by atoms with Crippen LogP contribution < -0.4 is 10.5 Å². The van der Waals surface area contributed by atoms with Crippen molar-refractivity contribution in [2.24, 2.45) is 5.73 Å². The van der Waals surface area contributed by atoms with E-state index in [0.717, 1.165) is 40.2 Å². The largest absolute Gasteiger partial charge is 0.496 e. The van der Waals surface area contributed by atoms with Crippen LogP contribution in [0.25, 0.3) is 11.3 Å². The SMILES string of the molecule is COc1cc(C)c(-c2cc(CCN)[nH]n2)cc1C. The van der Waals surface area contributed by atoms with E-state index >= 15 is 0 Å². The first-order valence-corrected chi connectivity index (χ1v) is 6.05. The minimum atomic E-state index is 0.627. The van der Waals surface area contributed by atoms with Crippen molar-refractivity contribution in [2.75, 3.05) is 13.7 Å². The van der Waals surface area contributed by atoms with Crippen LogP contribution in [0.1, 0.15) is 16.8 Å². The molecule has 0 aliphatic carbocycles. The summed E-state index contributed by atoms with van der Waals surface area (Å²) in [4.78, 5) is 0. The van der Waals surface area contributed by atoms with Crippen LogP contribution in [0.5, 0.6) is 5.75 Å². The molecule has 1 heterocycles. The molecular weight excluding hydrogens is 226 g/mol. The Balaban J connectivity index is 2.40. The molecule has 0 aliphatic rings. The minimum absolute atomic E-state index is 0.627. The molecule has 0 bridgehead atoms. The maximum atomic E-state index is 5.54. The Bertz CT molecular complexity index is 546. The van der Waals surface area contributed by atoms with Gasteiger partial charge in [0.05, 0.1) is 12.8 Å². The molecule has 4 nitrogen and oxygen atoms in total. The zero-order valence-corrected chi connectivity index (χ0v) is 11.1. The van der Waals surface area contributed by atoms with Gasteiger partial charge in [-0.25, -0.2) is 0 Å². The molecule has 3 N–H and O–H groups in total. The number of H-pyrrole nitrogens is 1. The molecule has 1 aromatic carbocycles. The summed E-state index contributed by atoms with van der Waals surface area (Å²) in [6.45, 7) is 4.73. The molecule has 0 saturated heterocycles. The van der Waals surface area contributed by atoms with Gasteiger partial charge in [0.25, 0.3) is 0 Å². The van der Waals surface area contributed by atoms with Gasteiger partial charge in [-0.1, -0.05) is 0 Å². The highest BCUT2D eigenvalue weighted by molar-refractivity contribution is 5.66. The molecule has 1 aromatic heterocycles. The van der Waals surface area contributed by atoms with Gasteiger partial charge >= 0.3 is 0 Å². The fourth-order valence-corrected chi connectivity index (χ4v) is 2.07. The first-order chi connectivity index (χ1) is 8.65. The van der Waals surface area contributed by atoms with Crippen molar-refractivity contribution in [1.82, 2.24) is 10.2 Å². The number of aromatic amines is 1. The van der Waals surface area contributed by atoms with Crippen molar-refractivity contribution in [3.8, 4) is 17.0 Å². The highest BCUT2D eigenvalue weighted by Gasteiger charge is 2.09. The molecule has 96 valence electrons. The summed E-state index contributed by atoms with van der Waals surface area (Å²) in [5.74, 6) is 0.911. The summed E-state index contributed by atoms with van der Waals surface area (Å²) < 4.78 is 5.32. The van der Waals surface area contributed by atoms with Gasteiger partial charge in [-0.3, -0.25) is 5.10 Å². The lowest BCUT2D eigenvalue weighted by molar-refractivity contribution is 0.411. The molecule has 18 heavy (non-hydrogen) atoms. The molecule has 0 fully saturated rings. The van der Waals surface area contributed by atoms with E-state index in [1.807, 2.05) is 13.0 Å². The van der Waals surface area contributed by atoms with E-state index in [1.165, 1.54) is 0 Å². The maximum Gasteiger partial charge on any atom is 0.122 e. The van der Waals surface area contributed by atoms with Crippen molar-refractivity contribution >= 4 is 0 Å². The Labute approximate surface area is 107 Å². The minimum Gasteiger partial charge on any atom is -0.496 e. The maximum absolute atomic E-state index is 5.54. The van der Waals surface area contributed by atoms with E-state index in [0.29, 0.717) is 6.54 Å². The number of nitrogens with two attached hydrogens (primary N) is 1. The van der Waals surface area contributed by atoms with E-state index in [9.17, 15) is 0 Å². The number of nitrogens with zero attached hydrogens (tertiary/aromatic N) is 1. The van der Waals surface area contributed by atoms with E-state index < -0.39 is 0 Å². The second kappa shape index (κ2) is 5.23. The van der Waals surface area contributed by atoms with Crippen LogP contribution >= 0.6 is 0 Å². The van der Waals surface area contributed by atoms with E-state index in [-0.39, 0.29) is 0 Å². The molecule has 2 aromatic rings. The molecule has 0 atom stereocenters. The van der Waals surface area contributed by atoms with E-state index in [4.69, 9.17) is 10.5 Å².